The summed E-state index contributed by atoms with van der Waals surface area (Å²) in [7, 11) is 0. The highest BCUT2D eigenvalue weighted by Gasteiger charge is 1.86. The highest BCUT2D eigenvalue weighted by Crippen LogP contribution is 1.99. The van der Waals surface area contributed by atoms with E-state index >= 15 is 0 Å². The number of benzene rings is 1. The van der Waals surface area contributed by atoms with Gasteiger partial charge in [-0.3, -0.25) is 0 Å². The largest absolute Gasteiger partial charge is 0.496 e. The molecule has 0 aliphatic carbocycles. The summed E-state index contributed by atoms with van der Waals surface area (Å²) >= 11 is 0. The Morgan fingerprint density at radius 1 is 1.33 bits per heavy atom. The van der Waals surface area contributed by atoms with Crippen molar-refractivity contribution in [2.24, 2.45) is 0 Å². The van der Waals surface area contributed by atoms with Crippen LogP contribution >= 0.6 is 0 Å². The fourth-order valence-electron chi connectivity index (χ4n) is 0.797. The molecule has 0 unspecified atom stereocenters. The Morgan fingerprint density at radius 3 is 2.75 bits per heavy atom. The van der Waals surface area contributed by atoms with Crippen LogP contribution in [0.4, 0.5) is 0 Å². The lowest BCUT2D eigenvalue weighted by atomic mass is 10.2. The van der Waals surface area contributed by atoms with Crippen molar-refractivity contribution in [1.29, 1.82) is 5.26 Å². The smallest absolute Gasteiger partial charge is 0.112 e. The van der Waals surface area contributed by atoms with Crippen LogP contribution in [0.2, 0.25) is 0 Å². The summed E-state index contributed by atoms with van der Waals surface area (Å²) in [6.07, 6.45) is 2.70. The highest BCUT2D eigenvalue weighted by atomic mass is 16.5. The molecule has 1 aromatic carbocycles. The summed E-state index contributed by atoms with van der Waals surface area (Å²) in [6.45, 7) is 0.513. The fourth-order valence-corrected chi connectivity index (χ4v) is 0.797. The van der Waals surface area contributed by atoms with Crippen molar-refractivity contribution in [1.82, 2.24) is 0 Å². The predicted octanol–water partition coefficient (Wildman–Crippen LogP) is 2.24. The van der Waals surface area contributed by atoms with E-state index in [1.807, 2.05) is 36.4 Å². The van der Waals surface area contributed by atoms with E-state index in [2.05, 4.69) is 0 Å². The Balaban J connectivity index is 2.35. The number of hydrogen-bond donors (Lipinski definition) is 0. The summed E-state index contributed by atoms with van der Waals surface area (Å²) in [5.74, 6) is 0. The summed E-state index contributed by atoms with van der Waals surface area (Å²) in [4.78, 5) is 0. The normalized spacial score (nSPS) is 9.58. The lowest BCUT2D eigenvalue weighted by molar-refractivity contribution is 0.236. The van der Waals surface area contributed by atoms with Gasteiger partial charge in [-0.05, 0) is 5.56 Å². The first kappa shape index (κ1) is 8.35. The van der Waals surface area contributed by atoms with E-state index in [-0.39, 0.29) is 0 Å². The Labute approximate surface area is 71.7 Å². The van der Waals surface area contributed by atoms with Gasteiger partial charge in [0.15, 0.2) is 0 Å². The van der Waals surface area contributed by atoms with E-state index in [9.17, 15) is 0 Å². The van der Waals surface area contributed by atoms with Gasteiger partial charge >= 0.3 is 0 Å². The zero-order valence-corrected chi connectivity index (χ0v) is 6.60. The summed E-state index contributed by atoms with van der Waals surface area (Å²) in [5.41, 5.74) is 1.10. The van der Waals surface area contributed by atoms with E-state index in [1.54, 1.807) is 0 Å². The highest BCUT2D eigenvalue weighted by molar-refractivity contribution is 5.13. The van der Waals surface area contributed by atoms with Crippen LogP contribution in [0.3, 0.4) is 0 Å². The van der Waals surface area contributed by atoms with Crippen molar-refractivity contribution in [3.63, 3.8) is 0 Å². The van der Waals surface area contributed by atoms with Crippen LogP contribution in [0.1, 0.15) is 5.56 Å². The third kappa shape index (κ3) is 2.89. The monoisotopic (exact) mass is 159 g/mol. The number of nitrogens with zero attached hydrogens (tertiary/aromatic N) is 1. The zero-order chi connectivity index (χ0) is 8.65. The van der Waals surface area contributed by atoms with Crippen molar-refractivity contribution in [2.45, 2.75) is 6.61 Å². The van der Waals surface area contributed by atoms with Crippen molar-refractivity contribution >= 4 is 0 Å². The minimum atomic E-state index is 0.513. The Morgan fingerprint density at radius 2 is 2.08 bits per heavy atom. The molecule has 2 heteroatoms. The van der Waals surface area contributed by atoms with Gasteiger partial charge in [-0.25, -0.2) is 0 Å². The number of hydrogen-bond acceptors (Lipinski definition) is 2. The minimum Gasteiger partial charge on any atom is -0.496 e. The standard InChI is InChI=1S/C10H9NO/c11-7-4-8-12-9-10-5-2-1-3-6-10/h1-6,8H,9H2. The maximum Gasteiger partial charge on any atom is 0.112 e. The topological polar surface area (TPSA) is 33.0 Å². The molecule has 0 amide bonds. The molecule has 0 bridgehead atoms. The third-order valence-corrected chi connectivity index (χ3v) is 1.33. The Bertz CT molecular complexity index is 284. The molecule has 0 aliphatic rings. The predicted molar refractivity (Wildman–Crippen MR) is 46.0 cm³/mol. The van der Waals surface area contributed by atoms with Gasteiger partial charge in [0.2, 0.25) is 0 Å². The lowest BCUT2D eigenvalue weighted by Gasteiger charge is -1.98. The average Bonchev–Trinajstić information content (AvgIpc) is 2.14. The van der Waals surface area contributed by atoms with Gasteiger partial charge in [-0.2, -0.15) is 5.26 Å². The summed E-state index contributed by atoms with van der Waals surface area (Å²) in [5, 5.41) is 8.15. The van der Waals surface area contributed by atoms with Crippen molar-refractivity contribution in [2.75, 3.05) is 0 Å². The average molecular weight is 159 g/mol. The molecule has 0 fully saturated rings. The van der Waals surface area contributed by atoms with E-state index < -0.39 is 0 Å². The molecule has 0 atom stereocenters. The maximum atomic E-state index is 8.15. The second-order valence-corrected chi connectivity index (χ2v) is 2.23. The molecule has 12 heavy (non-hydrogen) atoms. The number of nitriles is 1. The second-order valence-electron chi connectivity index (χ2n) is 2.23. The fraction of sp³-hybridized carbons (Fsp3) is 0.100. The van der Waals surface area contributed by atoms with Crippen LogP contribution in [0.15, 0.2) is 42.7 Å². The molecule has 0 heterocycles. The van der Waals surface area contributed by atoms with E-state index in [1.165, 1.54) is 12.3 Å². The second kappa shape index (κ2) is 4.97. The van der Waals surface area contributed by atoms with Crippen LogP contribution in [0.25, 0.3) is 0 Å². The number of rotatable bonds is 3. The first-order chi connectivity index (χ1) is 5.93. The van der Waals surface area contributed by atoms with E-state index in [0.717, 1.165) is 5.56 Å². The van der Waals surface area contributed by atoms with Crippen LogP contribution in [-0.2, 0) is 11.3 Å². The van der Waals surface area contributed by atoms with Gasteiger partial charge in [-0.15, -0.1) is 0 Å². The Hall–Kier alpha value is -1.75. The molecule has 1 aromatic rings. The molecular formula is C10H9NO. The van der Waals surface area contributed by atoms with Crippen molar-refractivity contribution in [3.8, 4) is 6.07 Å². The Kier molecular flexibility index (Phi) is 3.46. The van der Waals surface area contributed by atoms with Crippen LogP contribution in [-0.4, -0.2) is 0 Å². The van der Waals surface area contributed by atoms with Crippen LogP contribution in [0.5, 0.6) is 0 Å². The van der Waals surface area contributed by atoms with Crippen LogP contribution in [0, 0.1) is 11.3 Å². The van der Waals surface area contributed by atoms with Gasteiger partial charge < -0.3 is 4.74 Å². The lowest BCUT2D eigenvalue weighted by Crippen LogP contribution is -1.84. The van der Waals surface area contributed by atoms with Gasteiger partial charge in [0, 0.05) is 0 Å². The molecule has 0 aromatic heterocycles. The SMILES string of the molecule is N#CC=COCc1ccccc1. The van der Waals surface area contributed by atoms with Gasteiger partial charge in [0.05, 0.1) is 18.4 Å². The quantitative estimate of drug-likeness (QED) is 0.500. The molecular weight excluding hydrogens is 150 g/mol. The minimum absolute atomic E-state index is 0.513. The van der Waals surface area contributed by atoms with Crippen LogP contribution < -0.4 is 0 Å². The van der Waals surface area contributed by atoms with Gasteiger partial charge in [-0.1, -0.05) is 30.3 Å². The molecule has 0 spiro atoms. The molecule has 0 radical (unpaired) electrons. The van der Waals surface area contributed by atoms with E-state index in [0.29, 0.717) is 6.61 Å². The molecule has 0 N–H and O–H groups in total. The zero-order valence-electron chi connectivity index (χ0n) is 6.60. The molecule has 60 valence electrons. The molecule has 1 rings (SSSR count). The molecule has 2 nitrogen and oxygen atoms in total. The van der Waals surface area contributed by atoms with E-state index in [4.69, 9.17) is 10.00 Å². The van der Waals surface area contributed by atoms with Gasteiger partial charge in [0.25, 0.3) is 0 Å². The first-order valence-electron chi connectivity index (χ1n) is 3.63. The molecule has 0 saturated heterocycles. The van der Waals surface area contributed by atoms with Crippen molar-refractivity contribution < 1.29 is 4.74 Å². The van der Waals surface area contributed by atoms with Gasteiger partial charge in [0.1, 0.15) is 6.61 Å². The van der Waals surface area contributed by atoms with Crippen molar-refractivity contribution in [3.05, 3.63) is 48.2 Å². The number of ether oxygens (including phenoxy) is 1. The summed E-state index contributed by atoms with van der Waals surface area (Å²) in [6, 6.07) is 11.6. The third-order valence-electron chi connectivity index (χ3n) is 1.33. The first-order valence-corrected chi connectivity index (χ1v) is 3.63. The summed E-state index contributed by atoms with van der Waals surface area (Å²) < 4.78 is 5.06. The molecule has 0 saturated carbocycles. The maximum absolute atomic E-state index is 8.15. The number of allylic oxidation sites excluding steroid dienone is 1. The molecule has 0 aliphatic heterocycles.